The van der Waals surface area contributed by atoms with Crippen molar-refractivity contribution in [2.45, 2.75) is 58.0 Å². The van der Waals surface area contributed by atoms with E-state index < -0.39 is 0 Å². The van der Waals surface area contributed by atoms with Gasteiger partial charge in [-0.15, -0.1) is 0 Å². The topological polar surface area (TPSA) is 15.3 Å². The highest BCUT2D eigenvalue weighted by Crippen LogP contribution is 2.27. The van der Waals surface area contributed by atoms with Crippen LogP contribution in [0.3, 0.4) is 0 Å². The largest absolute Gasteiger partial charge is 0.313 e. The lowest BCUT2D eigenvalue weighted by atomic mass is 9.86. The summed E-state index contributed by atoms with van der Waals surface area (Å²) in [4.78, 5) is 2.75. The molecule has 2 rings (SSSR count). The molecule has 1 saturated heterocycles. The van der Waals surface area contributed by atoms with Gasteiger partial charge in [0.25, 0.3) is 0 Å². The molecule has 2 fully saturated rings. The minimum absolute atomic E-state index is 0.685. The minimum atomic E-state index is 0.685. The summed E-state index contributed by atoms with van der Waals surface area (Å²) in [6.45, 7) is 8.53. The Morgan fingerprint density at radius 2 is 2.00 bits per heavy atom. The monoisotopic (exact) mass is 210 g/mol. The Morgan fingerprint density at radius 3 is 2.80 bits per heavy atom. The fraction of sp³-hybridized carbons (Fsp3) is 1.00. The Morgan fingerprint density at radius 1 is 1.13 bits per heavy atom. The van der Waals surface area contributed by atoms with Crippen molar-refractivity contribution in [3.63, 3.8) is 0 Å². The van der Waals surface area contributed by atoms with Crippen molar-refractivity contribution in [2.24, 2.45) is 5.92 Å². The normalized spacial score (nSPS) is 40.0. The van der Waals surface area contributed by atoms with E-state index >= 15 is 0 Å². The Balaban J connectivity index is 1.89. The Labute approximate surface area is 94.4 Å². The molecule has 0 amide bonds. The fourth-order valence-corrected chi connectivity index (χ4v) is 3.20. The molecule has 1 aliphatic heterocycles. The van der Waals surface area contributed by atoms with Crippen molar-refractivity contribution in [3.05, 3.63) is 0 Å². The molecule has 0 bridgehead atoms. The molecule has 0 aromatic heterocycles. The van der Waals surface area contributed by atoms with E-state index in [0.717, 1.165) is 12.0 Å². The van der Waals surface area contributed by atoms with Crippen molar-refractivity contribution in [1.82, 2.24) is 10.2 Å². The van der Waals surface area contributed by atoms with E-state index in [2.05, 4.69) is 24.1 Å². The first kappa shape index (κ1) is 11.4. The predicted molar refractivity (Wildman–Crippen MR) is 65.1 cm³/mol. The Kier molecular flexibility index (Phi) is 4.04. The summed E-state index contributed by atoms with van der Waals surface area (Å²) < 4.78 is 0. The smallest absolute Gasteiger partial charge is 0.0166 e. The Bertz CT molecular complexity index is 193. The van der Waals surface area contributed by atoms with Gasteiger partial charge in [-0.1, -0.05) is 19.8 Å². The summed E-state index contributed by atoms with van der Waals surface area (Å²) >= 11 is 0. The molecule has 1 heterocycles. The van der Waals surface area contributed by atoms with E-state index in [-0.39, 0.29) is 0 Å². The van der Waals surface area contributed by atoms with Gasteiger partial charge in [-0.3, -0.25) is 4.90 Å². The molecule has 2 nitrogen and oxygen atoms in total. The number of nitrogens with one attached hydrogen (secondary N) is 1. The third-order valence-electron chi connectivity index (χ3n) is 4.05. The average molecular weight is 210 g/mol. The lowest BCUT2D eigenvalue weighted by molar-refractivity contribution is 0.134. The molecule has 3 unspecified atom stereocenters. The van der Waals surface area contributed by atoms with Crippen LogP contribution in [-0.4, -0.2) is 36.6 Å². The van der Waals surface area contributed by atoms with Gasteiger partial charge in [-0.2, -0.15) is 0 Å². The standard InChI is InChI=1S/C13H26N2/c1-11-5-3-6-13(9-11)15-8-4-7-14-12(2)10-15/h11-14H,3-10H2,1-2H3. The molecule has 2 heteroatoms. The highest BCUT2D eigenvalue weighted by Gasteiger charge is 2.26. The van der Waals surface area contributed by atoms with Gasteiger partial charge in [-0.05, 0) is 45.2 Å². The molecular formula is C13H26N2. The highest BCUT2D eigenvalue weighted by atomic mass is 15.2. The molecule has 15 heavy (non-hydrogen) atoms. The van der Waals surface area contributed by atoms with Crippen molar-refractivity contribution >= 4 is 0 Å². The van der Waals surface area contributed by atoms with Gasteiger partial charge in [0.05, 0.1) is 0 Å². The number of hydrogen-bond acceptors (Lipinski definition) is 2. The molecule has 2 aliphatic rings. The summed E-state index contributed by atoms with van der Waals surface area (Å²) in [5.41, 5.74) is 0. The van der Waals surface area contributed by atoms with Crippen molar-refractivity contribution < 1.29 is 0 Å². The van der Waals surface area contributed by atoms with Crippen LogP contribution >= 0.6 is 0 Å². The lowest BCUT2D eigenvalue weighted by Gasteiger charge is -2.36. The third-order valence-corrected chi connectivity index (χ3v) is 4.05. The van der Waals surface area contributed by atoms with E-state index in [0.29, 0.717) is 6.04 Å². The number of hydrogen-bond donors (Lipinski definition) is 1. The molecule has 1 aliphatic carbocycles. The molecule has 88 valence electrons. The zero-order valence-corrected chi connectivity index (χ0v) is 10.3. The van der Waals surface area contributed by atoms with Gasteiger partial charge in [-0.25, -0.2) is 0 Å². The molecule has 3 atom stereocenters. The van der Waals surface area contributed by atoms with Crippen LogP contribution < -0.4 is 5.32 Å². The molecule has 0 aromatic carbocycles. The Hall–Kier alpha value is -0.0800. The maximum Gasteiger partial charge on any atom is 0.0166 e. The third kappa shape index (κ3) is 3.18. The summed E-state index contributed by atoms with van der Waals surface area (Å²) in [6.07, 6.45) is 7.11. The summed E-state index contributed by atoms with van der Waals surface area (Å²) in [5, 5.41) is 3.58. The van der Waals surface area contributed by atoms with Crippen LogP contribution in [0.4, 0.5) is 0 Å². The van der Waals surface area contributed by atoms with Gasteiger partial charge in [0.2, 0.25) is 0 Å². The lowest BCUT2D eigenvalue weighted by Crippen LogP contribution is -2.43. The second-order valence-corrected chi connectivity index (χ2v) is 5.63. The van der Waals surface area contributed by atoms with Crippen LogP contribution in [0.5, 0.6) is 0 Å². The first-order valence-electron chi connectivity index (χ1n) is 6.73. The van der Waals surface area contributed by atoms with Crippen molar-refractivity contribution in [3.8, 4) is 0 Å². The van der Waals surface area contributed by atoms with Gasteiger partial charge in [0.1, 0.15) is 0 Å². The predicted octanol–water partition coefficient (Wildman–Crippen LogP) is 2.25. The molecule has 1 saturated carbocycles. The summed E-state index contributed by atoms with van der Waals surface area (Å²) in [5.74, 6) is 0.954. The molecular weight excluding hydrogens is 184 g/mol. The number of nitrogens with zero attached hydrogens (tertiary/aromatic N) is 1. The van der Waals surface area contributed by atoms with Crippen molar-refractivity contribution in [1.29, 1.82) is 0 Å². The highest BCUT2D eigenvalue weighted by molar-refractivity contribution is 4.82. The maximum atomic E-state index is 3.58. The van der Waals surface area contributed by atoms with Crippen molar-refractivity contribution in [2.75, 3.05) is 19.6 Å². The quantitative estimate of drug-likeness (QED) is 0.714. The average Bonchev–Trinajstić information content (AvgIpc) is 2.43. The SMILES string of the molecule is CC1CCCC(N2CCCNC(C)C2)C1. The van der Waals surface area contributed by atoms with E-state index in [9.17, 15) is 0 Å². The van der Waals surface area contributed by atoms with Crippen LogP contribution in [0.25, 0.3) is 0 Å². The zero-order valence-electron chi connectivity index (χ0n) is 10.3. The first-order valence-corrected chi connectivity index (χ1v) is 6.73. The number of rotatable bonds is 1. The van der Waals surface area contributed by atoms with Crippen LogP contribution in [-0.2, 0) is 0 Å². The van der Waals surface area contributed by atoms with E-state index in [4.69, 9.17) is 0 Å². The van der Waals surface area contributed by atoms with E-state index in [1.807, 2.05) is 0 Å². The van der Waals surface area contributed by atoms with Gasteiger partial charge in [0, 0.05) is 18.6 Å². The van der Waals surface area contributed by atoms with E-state index in [1.165, 1.54) is 51.7 Å². The van der Waals surface area contributed by atoms with Crippen LogP contribution in [0.2, 0.25) is 0 Å². The second kappa shape index (κ2) is 5.31. The minimum Gasteiger partial charge on any atom is -0.313 e. The summed E-state index contributed by atoms with van der Waals surface area (Å²) in [6, 6.07) is 1.57. The molecule has 0 aromatic rings. The maximum absolute atomic E-state index is 3.58. The van der Waals surface area contributed by atoms with Crippen LogP contribution in [0.15, 0.2) is 0 Å². The van der Waals surface area contributed by atoms with Crippen LogP contribution in [0.1, 0.15) is 46.0 Å². The van der Waals surface area contributed by atoms with Gasteiger partial charge in [0.15, 0.2) is 0 Å². The fourth-order valence-electron chi connectivity index (χ4n) is 3.20. The molecule has 1 N–H and O–H groups in total. The van der Waals surface area contributed by atoms with Crippen LogP contribution in [0, 0.1) is 5.92 Å². The van der Waals surface area contributed by atoms with E-state index in [1.54, 1.807) is 0 Å². The molecule has 0 radical (unpaired) electrons. The zero-order chi connectivity index (χ0) is 10.7. The molecule has 0 spiro atoms. The first-order chi connectivity index (χ1) is 7.25. The second-order valence-electron chi connectivity index (χ2n) is 5.63. The van der Waals surface area contributed by atoms with Gasteiger partial charge < -0.3 is 5.32 Å². The van der Waals surface area contributed by atoms with Gasteiger partial charge >= 0.3 is 0 Å². The summed E-state index contributed by atoms with van der Waals surface area (Å²) in [7, 11) is 0.